The molecule has 3 fully saturated rings. The summed E-state index contributed by atoms with van der Waals surface area (Å²) >= 11 is 0. The standard InChI is InChI=1S/C21H22N4O2/c1-14-20(16-7-10-25(14)11-8-16)24-21(26)17-2-4-18(5-3-17)27-19-12-15(13-22)6-9-23-19/h2-6,9,12,14,16,20H,7-8,10-11H2,1H3,(H,24,26)/t14-,20-/m0/s1. The van der Waals surface area contributed by atoms with Crippen molar-refractivity contribution in [2.45, 2.75) is 31.8 Å². The third kappa shape index (κ3) is 3.64. The fraction of sp³-hybridized carbons (Fsp3) is 0.381. The summed E-state index contributed by atoms with van der Waals surface area (Å²) in [5.74, 6) is 1.46. The van der Waals surface area contributed by atoms with Crippen LogP contribution in [-0.2, 0) is 0 Å². The molecule has 1 amide bonds. The molecule has 0 aliphatic carbocycles. The highest BCUT2D eigenvalue weighted by molar-refractivity contribution is 5.94. The van der Waals surface area contributed by atoms with E-state index < -0.39 is 0 Å². The molecule has 0 spiro atoms. The number of benzene rings is 1. The normalized spacial score (nSPS) is 26.2. The number of rotatable bonds is 4. The fourth-order valence-electron chi connectivity index (χ4n) is 4.11. The lowest BCUT2D eigenvalue weighted by Gasteiger charge is -2.49. The molecule has 2 bridgehead atoms. The zero-order valence-electron chi connectivity index (χ0n) is 15.3. The van der Waals surface area contributed by atoms with Crippen molar-refractivity contribution >= 4 is 5.91 Å². The quantitative estimate of drug-likeness (QED) is 0.905. The highest BCUT2D eigenvalue weighted by Crippen LogP contribution is 2.32. The van der Waals surface area contributed by atoms with Crippen LogP contribution in [0, 0.1) is 17.2 Å². The summed E-state index contributed by atoms with van der Waals surface area (Å²) in [4.78, 5) is 19.2. The molecule has 0 saturated carbocycles. The summed E-state index contributed by atoms with van der Waals surface area (Å²) in [5.41, 5.74) is 1.10. The van der Waals surface area contributed by atoms with E-state index in [0.29, 0.717) is 34.7 Å². The first-order valence-corrected chi connectivity index (χ1v) is 9.33. The van der Waals surface area contributed by atoms with E-state index >= 15 is 0 Å². The molecule has 0 unspecified atom stereocenters. The maximum Gasteiger partial charge on any atom is 0.251 e. The average Bonchev–Trinajstić information content (AvgIpc) is 2.71. The van der Waals surface area contributed by atoms with E-state index in [-0.39, 0.29) is 11.9 Å². The largest absolute Gasteiger partial charge is 0.439 e. The van der Waals surface area contributed by atoms with E-state index in [2.05, 4.69) is 28.2 Å². The molecule has 0 radical (unpaired) electrons. The average molecular weight is 362 g/mol. The van der Waals surface area contributed by atoms with Crippen LogP contribution in [-0.4, -0.2) is 41.0 Å². The third-order valence-electron chi connectivity index (χ3n) is 5.68. The molecule has 1 aromatic heterocycles. The molecule has 2 atom stereocenters. The van der Waals surface area contributed by atoms with Gasteiger partial charge in [-0.25, -0.2) is 4.98 Å². The van der Waals surface area contributed by atoms with E-state index in [0.717, 1.165) is 25.9 Å². The van der Waals surface area contributed by atoms with Gasteiger partial charge in [-0.2, -0.15) is 5.26 Å². The molecule has 4 heterocycles. The molecule has 1 aromatic carbocycles. The van der Waals surface area contributed by atoms with Gasteiger partial charge in [0.25, 0.3) is 5.91 Å². The maximum absolute atomic E-state index is 12.7. The first-order valence-electron chi connectivity index (χ1n) is 9.33. The number of hydrogen-bond donors (Lipinski definition) is 1. The Morgan fingerprint density at radius 3 is 2.67 bits per heavy atom. The van der Waals surface area contributed by atoms with Crippen molar-refractivity contribution in [1.82, 2.24) is 15.2 Å². The first-order chi connectivity index (χ1) is 13.1. The van der Waals surface area contributed by atoms with Crippen molar-refractivity contribution in [2.75, 3.05) is 13.1 Å². The summed E-state index contributed by atoms with van der Waals surface area (Å²) in [6.07, 6.45) is 3.86. The number of pyridine rings is 1. The van der Waals surface area contributed by atoms with Gasteiger partial charge in [-0.15, -0.1) is 0 Å². The van der Waals surface area contributed by atoms with Crippen molar-refractivity contribution in [1.29, 1.82) is 5.26 Å². The number of nitriles is 1. The Balaban J connectivity index is 1.41. The molecule has 3 aliphatic heterocycles. The number of hydrogen-bond acceptors (Lipinski definition) is 5. The third-order valence-corrected chi connectivity index (χ3v) is 5.68. The second kappa shape index (κ2) is 7.37. The van der Waals surface area contributed by atoms with Gasteiger partial charge in [0.15, 0.2) is 0 Å². The van der Waals surface area contributed by atoms with Crippen LogP contribution < -0.4 is 10.1 Å². The van der Waals surface area contributed by atoms with Gasteiger partial charge in [0, 0.05) is 29.9 Å². The fourth-order valence-corrected chi connectivity index (χ4v) is 4.11. The van der Waals surface area contributed by atoms with Gasteiger partial charge in [-0.3, -0.25) is 9.69 Å². The van der Waals surface area contributed by atoms with Gasteiger partial charge in [0.2, 0.25) is 5.88 Å². The highest BCUT2D eigenvalue weighted by Gasteiger charge is 2.40. The number of fused-ring (bicyclic) bond motifs is 3. The SMILES string of the molecule is C[C@H]1[C@H](NC(=O)c2ccc(Oc3cc(C#N)ccn3)cc2)C2CCN1CC2. The van der Waals surface area contributed by atoms with Gasteiger partial charge in [-0.05, 0) is 69.1 Å². The van der Waals surface area contributed by atoms with Crippen LogP contribution >= 0.6 is 0 Å². The topological polar surface area (TPSA) is 78.2 Å². The lowest BCUT2D eigenvalue weighted by molar-refractivity contribution is 0.0217. The smallest absolute Gasteiger partial charge is 0.251 e. The maximum atomic E-state index is 12.7. The molecule has 3 saturated heterocycles. The Labute approximate surface area is 158 Å². The molecule has 6 nitrogen and oxygen atoms in total. The van der Waals surface area contributed by atoms with Crippen LogP contribution in [0.25, 0.3) is 0 Å². The Bertz CT molecular complexity index is 864. The summed E-state index contributed by atoms with van der Waals surface area (Å²) in [7, 11) is 0. The van der Waals surface area contributed by atoms with Crippen molar-refractivity contribution in [3.05, 3.63) is 53.7 Å². The van der Waals surface area contributed by atoms with Gasteiger partial charge in [0.05, 0.1) is 11.6 Å². The summed E-state index contributed by atoms with van der Waals surface area (Å²) in [6, 6.07) is 12.9. The first kappa shape index (κ1) is 17.5. The van der Waals surface area contributed by atoms with E-state index in [1.54, 1.807) is 36.4 Å². The summed E-state index contributed by atoms with van der Waals surface area (Å²) in [5, 5.41) is 12.2. The van der Waals surface area contributed by atoms with E-state index in [4.69, 9.17) is 10.00 Å². The van der Waals surface area contributed by atoms with Crippen molar-refractivity contribution in [3.63, 3.8) is 0 Å². The molecule has 6 heteroatoms. The summed E-state index contributed by atoms with van der Waals surface area (Å²) < 4.78 is 5.66. The number of nitrogens with one attached hydrogen (secondary N) is 1. The molecular weight excluding hydrogens is 340 g/mol. The number of carbonyl (C=O) groups excluding carboxylic acids is 1. The number of nitrogens with zero attached hydrogens (tertiary/aromatic N) is 3. The summed E-state index contributed by atoms with van der Waals surface area (Å²) in [6.45, 7) is 4.49. The van der Waals surface area contributed by atoms with E-state index in [1.165, 1.54) is 6.20 Å². The predicted octanol–water partition coefficient (Wildman–Crippen LogP) is 2.96. The Morgan fingerprint density at radius 1 is 1.26 bits per heavy atom. The monoisotopic (exact) mass is 362 g/mol. The van der Waals surface area contributed by atoms with Crippen molar-refractivity contribution < 1.29 is 9.53 Å². The van der Waals surface area contributed by atoms with Gasteiger partial charge >= 0.3 is 0 Å². The predicted molar refractivity (Wildman–Crippen MR) is 100 cm³/mol. The van der Waals surface area contributed by atoms with Crippen LogP contribution in [0.1, 0.15) is 35.7 Å². The number of aromatic nitrogens is 1. The molecule has 5 rings (SSSR count). The Kier molecular flexibility index (Phi) is 4.78. The van der Waals surface area contributed by atoms with E-state index in [9.17, 15) is 4.79 Å². The minimum absolute atomic E-state index is 0.0447. The Morgan fingerprint density at radius 2 is 2.00 bits per heavy atom. The molecular formula is C21H22N4O2. The minimum Gasteiger partial charge on any atom is -0.439 e. The van der Waals surface area contributed by atoms with Crippen LogP contribution in [0.15, 0.2) is 42.6 Å². The molecule has 2 aromatic rings. The minimum atomic E-state index is -0.0447. The lowest BCUT2D eigenvalue weighted by atomic mass is 9.79. The number of amides is 1. The Hall–Kier alpha value is -2.91. The van der Waals surface area contributed by atoms with Gasteiger partial charge < -0.3 is 10.1 Å². The second-order valence-electron chi connectivity index (χ2n) is 7.23. The van der Waals surface area contributed by atoms with Crippen LogP contribution in [0.4, 0.5) is 0 Å². The van der Waals surface area contributed by atoms with Crippen LogP contribution in [0.2, 0.25) is 0 Å². The molecule has 1 N–H and O–H groups in total. The zero-order valence-corrected chi connectivity index (χ0v) is 15.3. The van der Waals surface area contributed by atoms with Crippen molar-refractivity contribution in [3.8, 4) is 17.7 Å². The molecule has 3 aliphatic rings. The zero-order chi connectivity index (χ0) is 18.8. The van der Waals surface area contributed by atoms with Gasteiger partial charge in [0.1, 0.15) is 5.75 Å². The van der Waals surface area contributed by atoms with Crippen LogP contribution in [0.3, 0.4) is 0 Å². The molecule has 138 valence electrons. The van der Waals surface area contributed by atoms with Crippen LogP contribution in [0.5, 0.6) is 11.6 Å². The second-order valence-corrected chi connectivity index (χ2v) is 7.23. The molecule has 27 heavy (non-hydrogen) atoms. The van der Waals surface area contributed by atoms with Crippen molar-refractivity contribution in [2.24, 2.45) is 5.92 Å². The van der Waals surface area contributed by atoms with Gasteiger partial charge in [-0.1, -0.05) is 0 Å². The highest BCUT2D eigenvalue weighted by atomic mass is 16.5. The number of carbonyl (C=O) groups is 1. The lowest BCUT2D eigenvalue weighted by Crippen LogP contribution is -2.62. The number of ether oxygens (including phenoxy) is 1. The number of piperidine rings is 3. The van der Waals surface area contributed by atoms with E-state index in [1.807, 2.05) is 0 Å².